The van der Waals surface area contributed by atoms with Crippen LogP contribution in [0, 0.1) is 0 Å². The van der Waals surface area contributed by atoms with Crippen molar-refractivity contribution in [3.05, 3.63) is 28.6 Å². The summed E-state index contributed by atoms with van der Waals surface area (Å²) in [5.74, 6) is -0.598. The van der Waals surface area contributed by atoms with E-state index in [1.165, 1.54) is 26.2 Å². The Kier molecular flexibility index (Phi) is 9.03. The largest absolute Gasteiger partial charge is 0.504 e. The molecule has 0 bridgehead atoms. The summed E-state index contributed by atoms with van der Waals surface area (Å²) in [7, 11) is 0. The number of esters is 1. The molecule has 0 radical (unpaired) electrons. The highest BCUT2D eigenvalue weighted by Crippen LogP contribution is 2.33. The van der Waals surface area contributed by atoms with Gasteiger partial charge >= 0.3 is 5.97 Å². The third-order valence-corrected chi connectivity index (χ3v) is 4.92. The van der Waals surface area contributed by atoms with Crippen LogP contribution in [0.5, 0.6) is 17.2 Å². The number of hydrogen-bond acceptors (Lipinski definition) is 5. The van der Waals surface area contributed by atoms with Gasteiger partial charge < -0.3 is 19.1 Å². The Hall–Kier alpha value is -2.50. The lowest BCUT2D eigenvalue weighted by Crippen LogP contribution is -2.24. The maximum atomic E-state index is 13.0. The number of aryl methyl sites for hydroxylation is 1. The normalized spacial score (nSPS) is 11.0. The number of aromatic nitrogens is 1. The lowest BCUT2D eigenvalue weighted by molar-refractivity contribution is -0.132. The van der Waals surface area contributed by atoms with Crippen LogP contribution in [0.15, 0.2) is 23.0 Å². The van der Waals surface area contributed by atoms with Crippen LogP contribution < -0.4 is 15.0 Å². The Morgan fingerprint density at radius 1 is 1.03 bits per heavy atom. The fourth-order valence-electron chi connectivity index (χ4n) is 3.32. The Bertz CT molecular complexity index is 872. The molecule has 2 aromatic rings. The van der Waals surface area contributed by atoms with Gasteiger partial charge in [0.15, 0.2) is 5.75 Å². The first-order valence-electron chi connectivity index (χ1n) is 10.7. The average molecular weight is 404 g/mol. The van der Waals surface area contributed by atoms with Crippen LogP contribution >= 0.6 is 0 Å². The molecule has 1 aromatic heterocycles. The second-order valence-electron chi connectivity index (χ2n) is 7.38. The molecule has 0 unspecified atom stereocenters. The van der Waals surface area contributed by atoms with Crippen molar-refractivity contribution in [3.8, 4) is 17.2 Å². The lowest BCUT2D eigenvalue weighted by Gasteiger charge is -2.16. The summed E-state index contributed by atoms with van der Waals surface area (Å²) in [6, 6.07) is 5.24. The zero-order chi connectivity index (χ0) is 21.2. The van der Waals surface area contributed by atoms with Crippen LogP contribution in [0.1, 0.15) is 72.1 Å². The predicted molar refractivity (Wildman–Crippen MR) is 115 cm³/mol. The minimum Gasteiger partial charge on any atom is -0.504 e. The van der Waals surface area contributed by atoms with E-state index in [4.69, 9.17) is 9.47 Å². The molecule has 0 aliphatic rings. The summed E-state index contributed by atoms with van der Waals surface area (Å²) < 4.78 is 12.4. The van der Waals surface area contributed by atoms with E-state index < -0.39 is 11.5 Å². The quantitative estimate of drug-likeness (QED) is 0.391. The van der Waals surface area contributed by atoms with Gasteiger partial charge in [0, 0.05) is 24.9 Å². The zero-order valence-corrected chi connectivity index (χ0v) is 17.8. The Morgan fingerprint density at radius 2 is 1.72 bits per heavy atom. The van der Waals surface area contributed by atoms with E-state index in [9.17, 15) is 14.7 Å². The fraction of sp³-hybridized carbons (Fsp3) is 0.565. The molecule has 0 spiro atoms. The molecule has 0 aliphatic heterocycles. The number of carbonyl (C=O) groups excluding carboxylic acids is 1. The number of unbranched alkanes of at least 4 members (excludes halogenated alkanes) is 6. The van der Waals surface area contributed by atoms with E-state index in [-0.39, 0.29) is 11.5 Å². The van der Waals surface area contributed by atoms with E-state index in [0.29, 0.717) is 29.8 Å². The monoisotopic (exact) mass is 403 g/mol. The van der Waals surface area contributed by atoms with Crippen LogP contribution in [0.2, 0.25) is 0 Å². The molecule has 6 heteroatoms. The summed E-state index contributed by atoms with van der Waals surface area (Å²) in [6.45, 7) is 6.58. The van der Waals surface area contributed by atoms with E-state index in [1.54, 1.807) is 22.8 Å². The SMILES string of the molecule is CCCCCCCCn1c(=O)c(OC(C)=O)c(O)c2ccc(OCCCC)cc21. The number of pyridine rings is 1. The molecule has 0 aliphatic carbocycles. The van der Waals surface area contributed by atoms with Gasteiger partial charge in [-0.3, -0.25) is 9.59 Å². The molecule has 0 atom stereocenters. The van der Waals surface area contributed by atoms with Gasteiger partial charge in [0.1, 0.15) is 5.75 Å². The number of aromatic hydroxyl groups is 1. The van der Waals surface area contributed by atoms with Crippen molar-refractivity contribution in [2.75, 3.05) is 6.61 Å². The Morgan fingerprint density at radius 3 is 2.41 bits per heavy atom. The van der Waals surface area contributed by atoms with Gasteiger partial charge in [0.2, 0.25) is 5.75 Å². The van der Waals surface area contributed by atoms with Gasteiger partial charge in [-0.2, -0.15) is 0 Å². The van der Waals surface area contributed by atoms with Crippen molar-refractivity contribution in [1.82, 2.24) is 4.57 Å². The third-order valence-electron chi connectivity index (χ3n) is 4.92. The van der Waals surface area contributed by atoms with Crippen molar-refractivity contribution >= 4 is 16.9 Å². The number of benzene rings is 1. The van der Waals surface area contributed by atoms with E-state index >= 15 is 0 Å². The number of nitrogens with zero attached hydrogens (tertiary/aromatic N) is 1. The van der Waals surface area contributed by atoms with Crippen LogP contribution in [0.25, 0.3) is 10.9 Å². The first kappa shape index (κ1) is 22.8. The topological polar surface area (TPSA) is 77.8 Å². The van der Waals surface area contributed by atoms with Gasteiger partial charge in [0.25, 0.3) is 5.56 Å². The molecule has 0 saturated carbocycles. The highest BCUT2D eigenvalue weighted by atomic mass is 16.5. The average Bonchev–Trinajstić information content (AvgIpc) is 2.70. The molecule has 6 nitrogen and oxygen atoms in total. The first-order chi connectivity index (χ1) is 14.0. The van der Waals surface area contributed by atoms with Crippen molar-refractivity contribution < 1.29 is 19.4 Å². The summed E-state index contributed by atoms with van der Waals surface area (Å²) in [6.07, 6.45) is 8.55. The van der Waals surface area contributed by atoms with Crippen molar-refractivity contribution in [2.45, 2.75) is 78.7 Å². The predicted octanol–water partition coefficient (Wildman–Crippen LogP) is 5.17. The van der Waals surface area contributed by atoms with Gasteiger partial charge in [-0.25, -0.2) is 0 Å². The Labute approximate surface area is 172 Å². The molecule has 0 saturated heterocycles. The van der Waals surface area contributed by atoms with E-state index in [1.807, 2.05) is 0 Å². The molecule has 160 valence electrons. The molecule has 1 aromatic carbocycles. The van der Waals surface area contributed by atoms with Crippen molar-refractivity contribution in [2.24, 2.45) is 0 Å². The second kappa shape index (κ2) is 11.5. The molecule has 2 rings (SSSR count). The van der Waals surface area contributed by atoms with E-state index in [2.05, 4.69) is 13.8 Å². The van der Waals surface area contributed by atoms with Gasteiger partial charge in [0.05, 0.1) is 12.1 Å². The summed E-state index contributed by atoms with van der Waals surface area (Å²) in [5, 5.41) is 11.0. The van der Waals surface area contributed by atoms with Gasteiger partial charge in [-0.15, -0.1) is 0 Å². The first-order valence-corrected chi connectivity index (χ1v) is 10.7. The van der Waals surface area contributed by atoms with E-state index in [0.717, 1.165) is 32.1 Å². The smallest absolute Gasteiger partial charge is 0.308 e. The molecular weight excluding hydrogens is 370 g/mol. The number of carbonyl (C=O) groups is 1. The summed E-state index contributed by atoms with van der Waals surface area (Å²) >= 11 is 0. The maximum Gasteiger partial charge on any atom is 0.308 e. The summed E-state index contributed by atoms with van der Waals surface area (Å²) in [5.41, 5.74) is 0.0930. The zero-order valence-electron chi connectivity index (χ0n) is 17.8. The molecule has 1 heterocycles. The van der Waals surface area contributed by atoms with Crippen molar-refractivity contribution in [3.63, 3.8) is 0 Å². The number of fused-ring (bicyclic) bond motifs is 1. The fourth-order valence-corrected chi connectivity index (χ4v) is 3.32. The maximum absolute atomic E-state index is 13.0. The summed E-state index contributed by atoms with van der Waals surface area (Å²) in [4.78, 5) is 24.4. The number of ether oxygens (including phenoxy) is 2. The number of hydrogen-bond donors (Lipinski definition) is 1. The van der Waals surface area contributed by atoms with Crippen LogP contribution in [-0.4, -0.2) is 22.2 Å². The van der Waals surface area contributed by atoms with Gasteiger partial charge in [-0.05, 0) is 25.0 Å². The molecule has 0 fully saturated rings. The minimum absolute atomic E-state index is 0.306. The number of rotatable bonds is 12. The Balaban J connectivity index is 2.37. The molecule has 29 heavy (non-hydrogen) atoms. The second-order valence-corrected chi connectivity index (χ2v) is 7.38. The van der Waals surface area contributed by atoms with Crippen molar-refractivity contribution in [1.29, 1.82) is 0 Å². The molecule has 1 N–H and O–H groups in total. The van der Waals surface area contributed by atoms with Gasteiger partial charge in [-0.1, -0.05) is 52.4 Å². The van der Waals surface area contributed by atoms with Crippen LogP contribution in [0.3, 0.4) is 0 Å². The highest BCUT2D eigenvalue weighted by Gasteiger charge is 2.19. The van der Waals surface area contributed by atoms with Crippen LogP contribution in [0.4, 0.5) is 0 Å². The standard InChI is InChI=1S/C23H33NO5/c1-4-6-8-9-10-11-14-24-20-16-18(28-15-7-5-2)12-13-19(20)21(26)22(23(24)27)29-17(3)25/h12-13,16,26H,4-11,14-15H2,1-3H3. The van der Waals surface area contributed by atoms with Crippen LogP contribution in [-0.2, 0) is 11.3 Å². The highest BCUT2D eigenvalue weighted by molar-refractivity contribution is 5.89. The lowest BCUT2D eigenvalue weighted by atomic mass is 10.1. The molecular formula is C23H33NO5. The molecule has 0 amide bonds. The third kappa shape index (κ3) is 6.24. The minimum atomic E-state index is -0.637.